The Morgan fingerprint density at radius 1 is 1.04 bits per heavy atom. The topological polar surface area (TPSA) is 70.9 Å². The Kier molecular flexibility index (Phi) is 3.25. The number of nitrogens with one attached hydrogen (secondary N) is 2. The lowest BCUT2D eigenvalue weighted by Gasteiger charge is -2.06. The number of benzene rings is 3. The maximum Gasteiger partial charge on any atom is 0.228 e. The van der Waals surface area contributed by atoms with E-state index in [-0.39, 0.29) is 12.3 Å². The van der Waals surface area contributed by atoms with Gasteiger partial charge in [0.15, 0.2) is 0 Å². The van der Waals surface area contributed by atoms with Crippen molar-refractivity contribution in [2.24, 2.45) is 0 Å². The third kappa shape index (κ3) is 2.33. The van der Waals surface area contributed by atoms with E-state index in [9.17, 15) is 4.79 Å². The number of anilines is 1. The zero-order valence-corrected chi connectivity index (χ0v) is 13.8. The van der Waals surface area contributed by atoms with Crippen LogP contribution in [-0.4, -0.2) is 16.1 Å². The van der Waals surface area contributed by atoms with Gasteiger partial charge in [-0.25, -0.2) is 0 Å². The van der Waals surface area contributed by atoms with E-state index >= 15 is 0 Å². The number of aromatic nitrogens is 2. The molecule has 0 fully saturated rings. The summed E-state index contributed by atoms with van der Waals surface area (Å²) in [6.45, 7) is 0. The quantitative estimate of drug-likeness (QED) is 0.502. The van der Waals surface area contributed by atoms with Gasteiger partial charge >= 0.3 is 0 Å². The van der Waals surface area contributed by atoms with E-state index in [1.165, 1.54) is 0 Å². The van der Waals surface area contributed by atoms with Crippen LogP contribution < -0.4 is 5.32 Å². The molecule has 2 heterocycles. The van der Waals surface area contributed by atoms with Gasteiger partial charge in [0.2, 0.25) is 5.91 Å². The molecule has 5 heteroatoms. The predicted molar refractivity (Wildman–Crippen MR) is 102 cm³/mol. The monoisotopic (exact) mass is 341 g/mol. The number of nitrogens with zero attached hydrogens (tertiary/aromatic N) is 1. The molecule has 26 heavy (non-hydrogen) atoms. The van der Waals surface area contributed by atoms with Gasteiger partial charge in [-0.1, -0.05) is 42.5 Å². The SMILES string of the molecule is O=C(Cc1coc2ccc3ccccc3c12)Nc1cccc2cn[nH]c12. The summed E-state index contributed by atoms with van der Waals surface area (Å²) in [7, 11) is 0. The Balaban J connectivity index is 1.50. The second-order valence-electron chi connectivity index (χ2n) is 6.29. The first-order valence-corrected chi connectivity index (χ1v) is 8.39. The molecule has 0 bridgehead atoms. The average molecular weight is 341 g/mol. The van der Waals surface area contributed by atoms with Gasteiger partial charge in [-0.05, 0) is 22.9 Å². The third-order valence-electron chi connectivity index (χ3n) is 4.64. The van der Waals surface area contributed by atoms with Crippen LogP contribution in [0.15, 0.2) is 71.5 Å². The van der Waals surface area contributed by atoms with Gasteiger partial charge < -0.3 is 9.73 Å². The number of rotatable bonds is 3. The number of carbonyl (C=O) groups excluding carboxylic acids is 1. The fourth-order valence-electron chi connectivity index (χ4n) is 3.45. The molecule has 126 valence electrons. The highest BCUT2D eigenvalue weighted by Crippen LogP contribution is 2.30. The van der Waals surface area contributed by atoms with E-state index in [1.807, 2.05) is 42.5 Å². The van der Waals surface area contributed by atoms with E-state index < -0.39 is 0 Å². The number of amides is 1. The number of furan rings is 1. The largest absolute Gasteiger partial charge is 0.464 e. The molecule has 3 aromatic carbocycles. The summed E-state index contributed by atoms with van der Waals surface area (Å²) in [5, 5.41) is 14.1. The standard InChI is InChI=1S/C21H15N3O2/c25-19(23-17-7-3-5-14-11-22-24-21(14)17)10-15-12-26-18-9-8-13-4-1-2-6-16(13)20(15)18/h1-9,11-12H,10H2,(H,22,24)(H,23,25). The van der Waals surface area contributed by atoms with E-state index in [4.69, 9.17) is 4.42 Å². The van der Waals surface area contributed by atoms with Gasteiger partial charge in [-0.3, -0.25) is 9.89 Å². The summed E-state index contributed by atoms with van der Waals surface area (Å²) >= 11 is 0. The summed E-state index contributed by atoms with van der Waals surface area (Å²) in [4.78, 5) is 12.6. The highest BCUT2D eigenvalue weighted by molar-refractivity contribution is 6.09. The maximum absolute atomic E-state index is 12.6. The fourth-order valence-corrected chi connectivity index (χ4v) is 3.45. The van der Waals surface area contributed by atoms with E-state index in [0.29, 0.717) is 0 Å². The van der Waals surface area contributed by atoms with Crippen LogP contribution >= 0.6 is 0 Å². The molecular weight excluding hydrogens is 326 g/mol. The Bertz CT molecular complexity index is 1270. The predicted octanol–water partition coefficient (Wildman–Crippen LogP) is 4.64. The molecule has 5 aromatic rings. The molecule has 2 N–H and O–H groups in total. The Labute approximate surface area is 148 Å². The third-order valence-corrected chi connectivity index (χ3v) is 4.64. The molecule has 0 unspecified atom stereocenters. The van der Waals surface area contributed by atoms with Crippen molar-refractivity contribution in [3.8, 4) is 0 Å². The molecule has 0 saturated heterocycles. The zero-order valence-electron chi connectivity index (χ0n) is 13.8. The molecule has 0 radical (unpaired) electrons. The average Bonchev–Trinajstić information content (AvgIpc) is 3.29. The van der Waals surface area contributed by atoms with Crippen LogP contribution in [-0.2, 0) is 11.2 Å². The molecule has 5 nitrogen and oxygen atoms in total. The van der Waals surface area contributed by atoms with Crippen molar-refractivity contribution in [2.45, 2.75) is 6.42 Å². The summed E-state index contributed by atoms with van der Waals surface area (Å²) < 4.78 is 5.67. The number of aromatic amines is 1. The highest BCUT2D eigenvalue weighted by Gasteiger charge is 2.14. The minimum Gasteiger partial charge on any atom is -0.464 e. The lowest BCUT2D eigenvalue weighted by molar-refractivity contribution is -0.115. The number of hydrogen-bond acceptors (Lipinski definition) is 3. The van der Waals surface area contributed by atoms with Crippen molar-refractivity contribution in [3.63, 3.8) is 0 Å². The summed E-state index contributed by atoms with van der Waals surface area (Å²) in [5.41, 5.74) is 3.22. The molecule has 2 aromatic heterocycles. The van der Waals surface area contributed by atoms with Crippen molar-refractivity contribution in [1.82, 2.24) is 10.2 Å². The van der Waals surface area contributed by atoms with Gasteiger partial charge in [0.1, 0.15) is 5.58 Å². The summed E-state index contributed by atoms with van der Waals surface area (Å²) in [6.07, 6.45) is 3.65. The number of para-hydroxylation sites is 1. The summed E-state index contributed by atoms with van der Waals surface area (Å²) in [5.74, 6) is -0.0947. The summed E-state index contributed by atoms with van der Waals surface area (Å²) in [6, 6.07) is 17.8. The Morgan fingerprint density at radius 2 is 1.92 bits per heavy atom. The minimum atomic E-state index is -0.0947. The molecule has 0 aliphatic heterocycles. The lowest BCUT2D eigenvalue weighted by atomic mass is 10.0. The zero-order chi connectivity index (χ0) is 17.5. The molecule has 0 atom stereocenters. The number of H-pyrrole nitrogens is 1. The van der Waals surface area contributed by atoms with Crippen molar-refractivity contribution in [1.29, 1.82) is 0 Å². The molecule has 0 spiro atoms. The normalized spacial score (nSPS) is 11.4. The Morgan fingerprint density at radius 3 is 2.88 bits per heavy atom. The fraction of sp³-hybridized carbons (Fsp3) is 0.0476. The van der Waals surface area contributed by atoms with Gasteiger partial charge in [-0.15, -0.1) is 0 Å². The van der Waals surface area contributed by atoms with Crippen LogP contribution in [0, 0.1) is 0 Å². The van der Waals surface area contributed by atoms with Crippen LogP contribution in [0.3, 0.4) is 0 Å². The van der Waals surface area contributed by atoms with Crippen molar-refractivity contribution >= 4 is 44.2 Å². The van der Waals surface area contributed by atoms with Gasteiger partial charge in [-0.2, -0.15) is 5.10 Å². The van der Waals surface area contributed by atoms with Crippen LogP contribution in [0.5, 0.6) is 0 Å². The number of fused-ring (bicyclic) bond motifs is 4. The van der Waals surface area contributed by atoms with E-state index in [0.717, 1.165) is 43.9 Å². The van der Waals surface area contributed by atoms with Gasteiger partial charge in [0.05, 0.1) is 30.1 Å². The van der Waals surface area contributed by atoms with Gasteiger partial charge in [0.25, 0.3) is 0 Å². The van der Waals surface area contributed by atoms with Crippen molar-refractivity contribution in [3.05, 3.63) is 72.6 Å². The Hall–Kier alpha value is -3.60. The van der Waals surface area contributed by atoms with Crippen LogP contribution in [0.2, 0.25) is 0 Å². The van der Waals surface area contributed by atoms with Crippen molar-refractivity contribution < 1.29 is 9.21 Å². The second kappa shape index (κ2) is 5.74. The highest BCUT2D eigenvalue weighted by atomic mass is 16.3. The first-order valence-electron chi connectivity index (χ1n) is 8.39. The van der Waals surface area contributed by atoms with E-state index in [1.54, 1.807) is 12.5 Å². The van der Waals surface area contributed by atoms with Gasteiger partial charge in [0, 0.05) is 16.3 Å². The van der Waals surface area contributed by atoms with Crippen LogP contribution in [0.25, 0.3) is 32.6 Å². The van der Waals surface area contributed by atoms with E-state index in [2.05, 4.69) is 27.6 Å². The number of carbonyl (C=O) groups is 1. The molecule has 5 rings (SSSR count). The molecule has 1 amide bonds. The van der Waals surface area contributed by atoms with Crippen LogP contribution in [0.1, 0.15) is 5.56 Å². The maximum atomic E-state index is 12.6. The van der Waals surface area contributed by atoms with Crippen LogP contribution in [0.4, 0.5) is 5.69 Å². The smallest absolute Gasteiger partial charge is 0.228 e. The molecule has 0 aliphatic rings. The first kappa shape index (κ1) is 14.7. The lowest BCUT2D eigenvalue weighted by Crippen LogP contribution is -2.14. The first-order chi connectivity index (χ1) is 12.8. The molecular formula is C21H15N3O2. The minimum absolute atomic E-state index is 0.0947. The number of hydrogen-bond donors (Lipinski definition) is 2. The second-order valence-corrected chi connectivity index (χ2v) is 6.29. The molecule has 0 aliphatic carbocycles. The molecule has 0 saturated carbocycles. The van der Waals surface area contributed by atoms with Crippen molar-refractivity contribution in [2.75, 3.05) is 5.32 Å².